The van der Waals surface area contributed by atoms with Gasteiger partial charge in [0.15, 0.2) is 0 Å². The van der Waals surface area contributed by atoms with Crippen LogP contribution in [0.5, 0.6) is 0 Å². The molecule has 4 nitrogen and oxygen atoms in total. The lowest BCUT2D eigenvalue weighted by atomic mass is 10.1. The molecule has 2 aromatic carbocycles. The van der Waals surface area contributed by atoms with Crippen molar-refractivity contribution in [1.29, 1.82) is 0 Å². The fourth-order valence-electron chi connectivity index (χ4n) is 2.04. The van der Waals surface area contributed by atoms with E-state index in [0.29, 0.717) is 5.56 Å². The summed E-state index contributed by atoms with van der Waals surface area (Å²) in [6.07, 6.45) is 1.87. The second-order valence-corrected chi connectivity index (χ2v) is 5.31. The van der Waals surface area contributed by atoms with Gasteiger partial charge in [0, 0.05) is 28.2 Å². The summed E-state index contributed by atoms with van der Waals surface area (Å²) >= 11 is 1.19. The lowest BCUT2D eigenvalue weighted by molar-refractivity contribution is -0.384. The van der Waals surface area contributed by atoms with E-state index in [1.807, 2.05) is 24.3 Å². The summed E-state index contributed by atoms with van der Waals surface area (Å²) in [7, 11) is 0. The van der Waals surface area contributed by atoms with Gasteiger partial charge in [-0.15, -0.1) is 0 Å². The van der Waals surface area contributed by atoms with Crippen LogP contribution in [0.15, 0.2) is 48.5 Å². The number of nitro groups is 1. The van der Waals surface area contributed by atoms with Gasteiger partial charge >= 0.3 is 0 Å². The Balaban J connectivity index is 1.98. The fourth-order valence-corrected chi connectivity index (χ4v) is 3.01. The summed E-state index contributed by atoms with van der Waals surface area (Å²) in [5.74, 6) is 0. The van der Waals surface area contributed by atoms with Gasteiger partial charge in [0.1, 0.15) is 0 Å². The zero-order valence-electron chi connectivity index (χ0n) is 10.3. The molecule has 1 aliphatic heterocycles. The van der Waals surface area contributed by atoms with E-state index in [9.17, 15) is 14.9 Å². The van der Waals surface area contributed by atoms with Crippen LogP contribution in [0, 0.1) is 10.1 Å². The van der Waals surface area contributed by atoms with Crippen LogP contribution < -0.4 is 0 Å². The maximum atomic E-state index is 11.8. The minimum atomic E-state index is -0.430. The number of nitrogens with zero attached hydrogens (tertiary/aromatic N) is 1. The highest BCUT2D eigenvalue weighted by molar-refractivity contribution is 8.22. The van der Waals surface area contributed by atoms with E-state index in [0.717, 1.165) is 16.0 Å². The number of carbonyl (C=O) groups is 1. The first-order valence-electron chi connectivity index (χ1n) is 5.93. The minimum Gasteiger partial charge on any atom is -0.281 e. The molecule has 1 aliphatic rings. The van der Waals surface area contributed by atoms with E-state index in [1.54, 1.807) is 18.2 Å². The zero-order valence-corrected chi connectivity index (χ0v) is 11.1. The third-order valence-corrected chi connectivity index (χ3v) is 3.98. The van der Waals surface area contributed by atoms with Crippen molar-refractivity contribution in [2.75, 3.05) is 0 Å². The van der Waals surface area contributed by atoms with Crippen LogP contribution in [0.25, 0.3) is 11.0 Å². The highest BCUT2D eigenvalue weighted by Crippen LogP contribution is 2.41. The predicted octanol–water partition coefficient (Wildman–Crippen LogP) is 3.98. The Morgan fingerprint density at radius 3 is 2.30 bits per heavy atom. The Bertz CT molecular complexity index is 735. The average Bonchev–Trinajstić information content (AvgIpc) is 2.77. The molecule has 1 heterocycles. The number of thioether (sulfide) groups is 1. The van der Waals surface area contributed by atoms with Crippen LogP contribution in [-0.2, 0) is 0 Å². The largest absolute Gasteiger partial charge is 0.281 e. The molecule has 98 valence electrons. The molecule has 0 saturated heterocycles. The van der Waals surface area contributed by atoms with Crippen molar-refractivity contribution in [2.24, 2.45) is 0 Å². The van der Waals surface area contributed by atoms with Crippen molar-refractivity contribution in [3.63, 3.8) is 0 Å². The van der Waals surface area contributed by atoms with Gasteiger partial charge in [0.2, 0.25) is 5.12 Å². The quantitative estimate of drug-likeness (QED) is 0.618. The Morgan fingerprint density at radius 2 is 1.65 bits per heavy atom. The van der Waals surface area contributed by atoms with Crippen molar-refractivity contribution in [1.82, 2.24) is 0 Å². The summed E-state index contributed by atoms with van der Waals surface area (Å²) in [6.45, 7) is 0. The molecule has 0 amide bonds. The number of carbonyl (C=O) groups excluding carboxylic acids is 1. The molecule has 0 radical (unpaired) electrons. The number of non-ortho nitro benzene ring substituents is 1. The van der Waals surface area contributed by atoms with Crippen LogP contribution in [0.4, 0.5) is 5.69 Å². The normalized spacial score (nSPS) is 15.4. The number of rotatable bonds is 2. The summed E-state index contributed by atoms with van der Waals surface area (Å²) in [4.78, 5) is 22.9. The second-order valence-electron chi connectivity index (χ2n) is 4.29. The zero-order chi connectivity index (χ0) is 14.1. The maximum absolute atomic E-state index is 11.8. The van der Waals surface area contributed by atoms with Crippen molar-refractivity contribution < 1.29 is 9.72 Å². The first-order valence-corrected chi connectivity index (χ1v) is 6.74. The summed E-state index contributed by atoms with van der Waals surface area (Å²) in [5, 5.41) is 10.6. The first kappa shape index (κ1) is 12.6. The molecule has 2 aromatic rings. The maximum Gasteiger partial charge on any atom is 0.269 e. The van der Waals surface area contributed by atoms with Gasteiger partial charge in [-0.3, -0.25) is 14.9 Å². The van der Waals surface area contributed by atoms with Crippen molar-refractivity contribution in [2.45, 2.75) is 0 Å². The minimum absolute atomic E-state index is 0.0359. The number of hydrogen-bond donors (Lipinski definition) is 0. The number of benzene rings is 2. The molecular weight excluding hydrogens is 274 g/mol. The average molecular weight is 283 g/mol. The molecule has 0 N–H and O–H groups in total. The summed E-state index contributed by atoms with van der Waals surface area (Å²) < 4.78 is 0. The van der Waals surface area contributed by atoms with E-state index in [4.69, 9.17) is 0 Å². The molecule has 0 saturated carbocycles. The summed E-state index contributed by atoms with van der Waals surface area (Å²) in [5.41, 5.74) is 2.52. The smallest absolute Gasteiger partial charge is 0.269 e. The lowest BCUT2D eigenvalue weighted by Gasteiger charge is -1.99. The second kappa shape index (κ2) is 4.94. The molecule has 0 aromatic heterocycles. The van der Waals surface area contributed by atoms with Gasteiger partial charge in [-0.25, -0.2) is 0 Å². The molecule has 3 rings (SSSR count). The van der Waals surface area contributed by atoms with Crippen LogP contribution >= 0.6 is 11.8 Å². The highest BCUT2D eigenvalue weighted by atomic mass is 32.2. The molecule has 0 fully saturated rings. The highest BCUT2D eigenvalue weighted by Gasteiger charge is 2.24. The van der Waals surface area contributed by atoms with Crippen molar-refractivity contribution >= 4 is 33.5 Å². The Labute approximate surface area is 119 Å². The molecule has 0 atom stereocenters. The third-order valence-electron chi connectivity index (χ3n) is 3.02. The molecule has 0 unspecified atom stereocenters. The Morgan fingerprint density at radius 1 is 1.00 bits per heavy atom. The van der Waals surface area contributed by atoms with Crippen LogP contribution in [0.1, 0.15) is 21.5 Å². The number of fused-ring (bicyclic) bond motifs is 1. The Kier molecular flexibility index (Phi) is 3.12. The Hall–Kier alpha value is -2.40. The first-order chi connectivity index (χ1) is 9.65. The van der Waals surface area contributed by atoms with E-state index in [2.05, 4.69) is 0 Å². The predicted molar refractivity (Wildman–Crippen MR) is 79.3 cm³/mol. The van der Waals surface area contributed by atoms with Gasteiger partial charge in [0.05, 0.1) is 4.92 Å². The monoisotopic (exact) mass is 283 g/mol. The molecular formula is C15H9NO3S. The molecule has 0 aliphatic carbocycles. The van der Waals surface area contributed by atoms with Gasteiger partial charge < -0.3 is 0 Å². The van der Waals surface area contributed by atoms with Crippen LogP contribution in [0.2, 0.25) is 0 Å². The molecule has 5 heteroatoms. The van der Waals surface area contributed by atoms with Crippen molar-refractivity contribution in [3.05, 3.63) is 75.3 Å². The van der Waals surface area contributed by atoms with Gasteiger partial charge in [-0.1, -0.05) is 18.2 Å². The van der Waals surface area contributed by atoms with Gasteiger partial charge in [-0.2, -0.15) is 0 Å². The van der Waals surface area contributed by atoms with E-state index in [-0.39, 0.29) is 10.8 Å². The van der Waals surface area contributed by atoms with Gasteiger partial charge in [-0.05, 0) is 41.6 Å². The topological polar surface area (TPSA) is 60.2 Å². The molecule has 0 bridgehead atoms. The van der Waals surface area contributed by atoms with E-state index in [1.165, 1.54) is 23.9 Å². The molecule has 20 heavy (non-hydrogen) atoms. The van der Waals surface area contributed by atoms with Gasteiger partial charge in [0.25, 0.3) is 5.69 Å². The molecule has 0 spiro atoms. The fraction of sp³-hybridized carbons (Fsp3) is 0. The van der Waals surface area contributed by atoms with Crippen LogP contribution in [0.3, 0.4) is 0 Å². The third kappa shape index (κ3) is 2.23. The van der Waals surface area contributed by atoms with Crippen LogP contribution in [-0.4, -0.2) is 10.0 Å². The number of nitro benzene ring substituents is 1. The number of hydrogen-bond acceptors (Lipinski definition) is 4. The van der Waals surface area contributed by atoms with E-state index >= 15 is 0 Å². The standard InChI is InChI=1S/C15H9NO3S/c17-15-13-4-2-1-3-12(13)14(20-15)9-10-5-7-11(8-6-10)16(18)19/h1-9H. The SMILES string of the molecule is O=C1SC(=Cc2ccc([N+](=O)[O-])cc2)c2ccccc21. The van der Waals surface area contributed by atoms with Crippen molar-refractivity contribution in [3.8, 4) is 0 Å². The van der Waals surface area contributed by atoms with E-state index < -0.39 is 4.92 Å². The lowest BCUT2D eigenvalue weighted by Crippen LogP contribution is -1.87. The summed E-state index contributed by atoms with van der Waals surface area (Å²) in [6, 6.07) is 13.7.